The highest BCUT2D eigenvalue weighted by atomic mass is 16.5. The Morgan fingerprint density at radius 3 is 2.78 bits per heavy atom. The molecule has 0 aromatic heterocycles. The lowest BCUT2D eigenvalue weighted by atomic mass is 9.97. The smallest absolute Gasteiger partial charge is 0.317 e. The lowest BCUT2D eigenvalue weighted by Gasteiger charge is -2.28. The SMILES string of the molecule is CNC(=O)N1CCc2cc(C(=O)NO)ccc2C1. The van der Waals surface area contributed by atoms with Crippen LogP contribution in [0.25, 0.3) is 0 Å². The summed E-state index contributed by atoms with van der Waals surface area (Å²) >= 11 is 0. The van der Waals surface area contributed by atoms with Gasteiger partial charge in [0.25, 0.3) is 5.91 Å². The fourth-order valence-electron chi connectivity index (χ4n) is 2.09. The van der Waals surface area contributed by atoms with Gasteiger partial charge in [0.1, 0.15) is 0 Å². The fourth-order valence-corrected chi connectivity index (χ4v) is 2.09. The lowest BCUT2D eigenvalue weighted by Crippen LogP contribution is -2.41. The third-order valence-corrected chi connectivity index (χ3v) is 3.08. The first kappa shape index (κ1) is 12.4. The number of carbonyl (C=O) groups excluding carboxylic acids is 2. The van der Waals surface area contributed by atoms with Crippen molar-refractivity contribution in [2.45, 2.75) is 13.0 Å². The van der Waals surface area contributed by atoms with Crippen molar-refractivity contribution in [1.82, 2.24) is 15.7 Å². The molecule has 0 saturated heterocycles. The molecule has 0 bridgehead atoms. The molecular formula is C12H15N3O3. The van der Waals surface area contributed by atoms with Crippen molar-refractivity contribution in [3.8, 4) is 0 Å². The number of nitrogens with zero attached hydrogens (tertiary/aromatic N) is 1. The molecule has 0 saturated carbocycles. The van der Waals surface area contributed by atoms with Crippen LogP contribution in [0, 0.1) is 0 Å². The summed E-state index contributed by atoms with van der Waals surface area (Å²) in [6.45, 7) is 1.16. The Kier molecular flexibility index (Phi) is 3.47. The van der Waals surface area contributed by atoms with E-state index in [1.807, 2.05) is 6.07 Å². The Morgan fingerprint density at radius 2 is 2.11 bits per heavy atom. The molecule has 0 unspecified atom stereocenters. The molecule has 3 N–H and O–H groups in total. The summed E-state index contributed by atoms with van der Waals surface area (Å²) in [4.78, 5) is 24.5. The highest BCUT2D eigenvalue weighted by Crippen LogP contribution is 2.20. The molecule has 1 aromatic carbocycles. The second-order valence-electron chi connectivity index (χ2n) is 4.15. The predicted molar refractivity (Wildman–Crippen MR) is 64.3 cm³/mol. The van der Waals surface area contributed by atoms with Crippen LogP contribution in [0.2, 0.25) is 0 Å². The van der Waals surface area contributed by atoms with Gasteiger partial charge in [-0.25, -0.2) is 10.3 Å². The number of carbonyl (C=O) groups is 2. The van der Waals surface area contributed by atoms with Crippen LogP contribution in [0.5, 0.6) is 0 Å². The van der Waals surface area contributed by atoms with Crippen molar-refractivity contribution in [1.29, 1.82) is 0 Å². The van der Waals surface area contributed by atoms with Crippen molar-refractivity contribution in [3.63, 3.8) is 0 Å². The van der Waals surface area contributed by atoms with Crippen LogP contribution in [0.3, 0.4) is 0 Å². The van der Waals surface area contributed by atoms with E-state index in [0.717, 1.165) is 11.1 Å². The second-order valence-corrected chi connectivity index (χ2v) is 4.15. The van der Waals surface area contributed by atoms with Gasteiger partial charge in [-0.1, -0.05) is 6.07 Å². The first-order chi connectivity index (χ1) is 8.65. The van der Waals surface area contributed by atoms with E-state index in [-0.39, 0.29) is 6.03 Å². The number of benzene rings is 1. The number of rotatable bonds is 1. The molecule has 6 heteroatoms. The van der Waals surface area contributed by atoms with Gasteiger partial charge in [-0.05, 0) is 29.7 Å². The number of fused-ring (bicyclic) bond motifs is 1. The normalized spacial score (nSPS) is 13.8. The Balaban J connectivity index is 2.20. The van der Waals surface area contributed by atoms with Gasteiger partial charge in [-0.3, -0.25) is 10.0 Å². The largest absolute Gasteiger partial charge is 0.341 e. The van der Waals surface area contributed by atoms with E-state index in [4.69, 9.17) is 5.21 Å². The third kappa shape index (κ3) is 2.28. The molecule has 1 heterocycles. The average Bonchev–Trinajstić information content (AvgIpc) is 2.44. The molecule has 1 aliphatic heterocycles. The Labute approximate surface area is 105 Å². The van der Waals surface area contributed by atoms with Crippen molar-refractivity contribution in [2.24, 2.45) is 0 Å². The van der Waals surface area contributed by atoms with Crippen molar-refractivity contribution >= 4 is 11.9 Å². The van der Waals surface area contributed by atoms with Gasteiger partial charge in [0.2, 0.25) is 0 Å². The highest BCUT2D eigenvalue weighted by Gasteiger charge is 2.20. The Morgan fingerprint density at radius 1 is 1.33 bits per heavy atom. The maximum Gasteiger partial charge on any atom is 0.317 e. The number of nitrogens with one attached hydrogen (secondary N) is 2. The van der Waals surface area contributed by atoms with E-state index in [2.05, 4.69) is 5.32 Å². The standard InChI is InChI=1S/C12H15N3O3/c1-13-12(17)15-5-4-8-6-9(11(16)14-18)2-3-10(8)7-15/h2-3,6,18H,4-5,7H2,1H3,(H,13,17)(H,14,16). The topological polar surface area (TPSA) is 81.7 Å². The molecule has 1 aromatic rings. The number of hydroxylamine groups is 1. The summed E-state index contributed by atoms with van der Waals surface area (Å²) in [6.07, 6.45) is 0.704. The minimum Gasteiger partial charge on any atom is -0.341 e. The van der Waals surface area contributed by atoms with E-state index < -0.39 is 5.91 Å². The molecule has 0 fully saturated rings. The van der Waals surface area contributed by atoms with Crippen LogP contribution in [0.1, 0.15) is 21.5 Å². The number of amides is 3. The minimum absolute atomic E-state index is 0.0992. The minimum atomic E-state index is -0.522. The van der Waals surface area contributed by atoms with Crippen molar-refractivity contribution < 1.29 is 14.8 Å². The van der Waals surface area contributed by atoms with Gasteiger partial charge < -0.3 is 10.2 Å². The molecule has 2 rings (SSSR count). The van der Waals surface area contributed by atoms with Gasteiger partial charge in [0, 0.05) is 25.7 Å². The summed E-state index contributed by atoms with van der Waals surface area (Å²) in [5, 5.41) is 11.2. The summed E-state index contributed by atoms with van der Waals surface area (Å²) in [6, 6.07) is 5.10. The number of urea groups is 1. The van der Waals surface area contributed by atoms with Gasteiger partial charge in [-0.2, -0.15) is 0 Å². The van der Waals surface area contributed by atoms with E-state index in [9.17, 15) is 9.59 Å². The molecule has 96 valence electrons. The Bertz CT molecular complexity index is 487. The van der Waals surface area contributed by atoms with Crippen LogP contribution < -0.4 is 10.8 Å². The molecule has 0 aliphatic carbocycles. The lowest BCUT2D eigenvalue weighted by molar-refractivity contribution is 0.0706. The zero-order valence-electron chi connectivity index (χ0n) is 10.1. The zero-order chi connectivity index (χ0) is 13.1. The van der Waals surface area contributed by atoms with Crippen molar-refractivity contribution in [3.05, 3.63) is 34.9 Å². The van der Waals surface area contributed by atoms with E-state index in [1.54, 1.807) is 29.6 Å². The molecular weight excluding hydrogens is 234 g/mol. The zero-order valence-corrected chi connectivity index (χ0v) is 10.1. The van der Waals surface area contributed by atoms with Crippen LogP contribution in [0.4, 0.5) is 4.79 Å². The monoisotopic (exact) mass is 249 g/mol. The van der Waals surface area contributed by atoms with Crippen molar-refractivity contribution in [2.75, 3.05) is 13.6 Å². The summed E-state index contributed by atoms with van der Waals surface area (Å²) in [7, 11) is 1.60. The molecule has 18 heavy (non-hydrogen) atoms. The molecule has 6 nitrogen and oxygen atoms in total. The molecule has 3 amide bonds. The van der Waals surface area contributed by atoms with Crippen LogP contribution in [0.15, 0.2) is 18.2 Å². The van der Waals surface area contributed by atoms with Gasteiger partial charge in [-0.15, -0.1) is 0 Å². The molecule has 0 radical (unpaired) electrons. The van der Waals surface area contributed by atoms with Crippen LogP contribution in [-0.2, 0) is 13.0 Å². The van der Waals surface area contributed by atoms with Gasteiger partial charge >= 0.3 is 6.03 Å². The van der Waals surface area contributed by atoms with Gasteiger partial charge in [0.15, 0.2) is 0 Å². The summed E-state index contributed by atoms with van der Waals surface area (Å²) in [5.41, 5.74) is 4.10. The fraction of sp³-hybridized carbons (Fsp3) is 0.333. The molecule has 1 aliphatic rings. The van der Waals surface area contributed by atoms with E-state index >= 15 is 0 Å². The van der Waals surface area contributed by atoms with Crippen LogP contribution in [-0.4, -0.2) is 35.6 Å². The van der Waals surface area contributed by atoms with Crippen LogP contribution >= 0.6 is 0 Å². The molecule has 0 atom stereocenters. The number of hydrogen-bond acceptors (Lipinski definition) is 3. The molecule has 0 spiro atoms. The average molecular weight is 249 g/mol. The Hall–Kier alpha value is -2.08. The maximum absolute atomic E-state index is 11.5. The van der Waals surface area contributed by atoms with E-state index in [1.165, 1.54) is 0 Å². The van der Waals surface area contributed by atoms with E-state index in [0.29, 0.717) is 25.1 Å². The number of hydrogen-bond donors (Lipinski definition) is 3. The van der Waals surface area contributed by atoms with Gasteiger partial charge in [0.05, 0.1) is 0 Å². The third-order valence-electron chi connectivity index (χ3n) is 3.08. The first-order valence-electron chi connectivity index (χ1n) is 5.68. The predicted octanol–water partition coefficient (Wildman–Crippen LogP) is 0.503. The second kappa shape index (κ2) is 5.05. The highest BCUT2D eigenvalue weighted by molar-refractivity contribution is 5.93. The summed E-state index contributed by atoms with van der Waals surface area (Å²) < 4.78 is 0. The maximum atomic E-state index is 11.5. The quantitative estimate of drug-likeness (QED) is 0.501. The summed E-state index contributed by atoms with van der Waals surface area (Å²) in [5.74, 6) is -0.522. The first-order valence-corrected chi connectivity index (χ1v) is 5.68.